The van der Waals surface area contributed by atoms with Crippen LogP contribution in [-0.2, 0) is 9.47 Å². The molecule has 7 heteroatoms. The minimum Gasteiger partial charge on any atom is -0.379 e. The lowest BCUT2D eigenvalue weighted by Gasteiger charge is -2.33. The summed E-state index contributed by atoms with van der Waals surface area (Å²) in [6.07, 6.45) is 1.23. The van der Waals surface area contributed by atoms with Crippen LogP contribution >= 0.6 is 0 Å². The number of nitrogens with one attached hydrogen (secondary N) is 1. The van der Waals surface area contributed by atoms with Crippen LogP contribution in [0, 0.1) is 5.92 Å². The predicted octanol–water partition coefficient (Wildman–Crippen LogP) is -0.0302. The van der Waals surface area contributed by atoms with Crippen molar-refractivity contribution < 1.29 is 9.47 Å². The molecular formula is C17H35N5O2. The second-order valence-corrected chi connectivity index (χ2v) is 7.11. The molecule has 0 aromatic carbocycles. The minimum absolute atomic E-state index is 0.159. The Balaban J connectivity index is 1.57. The Labute approximate surface area is 146 Å². The maximum absolute atomic E-state index is 5.96. The molecule has 1 unspecified atom stereocenters. The first-order chi connectivity index (χ1) is 11.6. The Hall–Kier alpha value is -0.890. The summed E-state index contributed by atoms with van der Waals surface area (Å²) in [5, 5.41) is 3.21. The summed E-state index contributed by atoms with van der Waals surface area (Å²) in [7, 11) is 0. The summed E-state index contributed by atoms with van der Waals surface area (Å²) in [5.41, 5.74) is 5.96. The van der Waals surface area contributed by atoms with Gasteiger partial charge in [0.05, 0.1) is 32.5 Å². The van der Waals surface area contributed by atoms with Gasteiger partial charge in [-0.15, -0.1) is 0 Å². The van der Waals surface area contributed by atoms with E-state index >= 15 is 0 Å². The van der Waals surface area contributed by atoms with E-state index in [1.54, 1.807) is 0 Å². The summed E-state index contributed by atoms with van der Waals surface area (Å²) in [6, 6.07) is 0. The molecule has 2 aliphatic heterocycles. The molecule has 0 spiro atoms. The third-order valence-electron chi connectivity index (χ3n) is 4.37. The Kier molecular flexibility index (Phi) is 8.80. The standard InChI is InChI=1S/C17H35N5O2/c1-15(2)13-22-8-11-24-16(14-22)12-20-17(18)19-4-3-5-21-6-9-23-10-7-21/h15-16H,3-14H2,1-2H3,(H3,18,19,20). The lowest BCUT2D eigenvalue weighted by molar-refractivity contribution is -0.0261. The van der Waals surface area contributed by atoms with Gasteiger partial charge in [0.15, 0.2) is 5.96 Å². The molecule has 0 radical (unpaired) electrons. The van der Waals surface area contributed by atoms with Crippen molar-refractivity contribution in [3.63, 3.8) is 0 Å². The molecule has 2 rings (SSSR count). The van der Waals surface area contributed by atoms with Gasteiger partial charge in [0.2, 0.25) is 0 Å². The van der Waals surface area contributed by atoms with Gasteiger partial charge in [-0.05, 0) is 18.9 Å². The van der Waals surface area contributed by atoms with Crippen LogP contribution in [0.4, 0.5) is 0 Å². The topological polar surface area (TPSA) is 75.3 Å². The van der Waals surface area contributed by atoms with Gasteiger partial charge in [0, 0.05) is 39.3 Å². The Morgan fingerprint density at radius 3 is 2.71 bits per heavy atom. The zero-order valence-corrected chi connectivity index (χ0v) is 15.4. The van der Waals surface area contributed by atoms with Crippen LogP contribution in [0.15, 0.2) is 4.99 Å². The molecule has 2 saturated heterocycles. The first-order valence-electron chi connectivity index (χ1n) is 9.31. The van der Waals surface area contributed by atoms with E-state index in [1.807, 2.05) is 0 Å². The van der Waals surface area contributed by atoms with E-state index in [1.165, 1.54) is 0 Å². The Morgan fingerprint density at radius 2 is 1.96 bits per heavy atom. The third-order valence-corrected chi connectivity index (χ3v) is 4.37. The molecule has 3 N–H and O–H groups in total. The highest BCUT2D eigenvalue weighted by Gasteiger charge is 2.20. The van der Waals surface area contributed by atoms with Crippen molar-refractivity contribution in [2.45, 2.75) is 26.4 Å². The molecule has 2 aliphatic rings. The van der Waals surface area contributed by atoms with E-state index in [9.17, 15) is 0 Å². The van der Waals surface area contributed by atoms with Crippen molar-refractivity contribution in [3.05, 3.63) is 0 Å². The van der Waals surface area contributed by atoms with Crippen LogP contribution in [0.2, 0.25) is 0 Å². The van der Waals surface area contributed by atoms with Gasteiger partial charge < -0.3 is 20.5 Å². The van der Waals surface area contributed by atoms with Crippen LogP contribution in [0.1, 0.15) is 20.3 Å². The van der Waals surface area contributed by atoms with Crippen LogP contribution in [-0.4, -0.2) is 94.0 Å². The van der Waals surface area contributed by atoms with E-state index in [-0.39, 0.29) is 6.10 Å². The molecule has 2 fully saturated rings. The molecule has 0 saturated carbocycles. The molecule has 2 heterocycles. The SMILES string of the molecule is CC(C)CN1CCOC(CN=C(N)NCCCN2CCOCC2)C1. The smallest absolute Gasteiger partial charge is 0.188 e. The number of guanidine groups is 1. The van der Waals surface area contributed by atoms with Crippen molar-refractivity contribution in [2.24, 2.45) is 16.6 Å². The molecule has 0 bridgehead atoms. The summed E-state index contributed by atoms with van der Waals surface area (Å²) < 4.78 is 11.1. The van der Waals surface area contributed by atoms with E-state index in [0.717, 1.165) is 72.1 Å². The lowest BCUT2D eigenvalue weighted by atomic mass is 10.2. The average Bonchev–Trinajstić information content (AvgIpc) is 2.58. The molecule has 0 aliphatic carbocycles. The molecule has 7 nitrogen and oxygen atoms in total. The van der Waals surface area contributed by atoms with Gasteiger partial charge in [-0.3, -0.25) is 14.8 Å². The Morgan fingerprint density at radius 1 is 1.21 bits per heavy atom. The fraction of sp³-hybridized carbons (Fsp3) is 0.941. The number of hydrogen-bond donors (Lipinski definition) is 2. The monoisotopic (exact) mass is 341 g/mol. The van der Waals surface area contributed by atoms with Crippen molar-refractivity contribution in [3.8, 4) is 0 Å². The predicted molar refractivity (Wildman–Crippen MR) is 97.4 cm³/mol. The summed E-state index contributed by atoms with van der Waals surface area (Å²) in [4.78, 5) is 9.33. The van der Waals surface area contributed by atoms with Gasteiger partial charge in [-0.1, -0.05) is 13.8 Å². The first-order valence-corrected chi connectivity index (χ1v) is 9.31. The molecular weight excluding hydrogens is 306 g/mol. The normalized spacial score (nSPS) is 24.5. The fourth-order valence-corrected chi connectivity index (χ4v) is 3.17. The van der Waals surface area contributed by atoms with E-state index in [4.69, 9.17) is 15.2 Å². The number of aliphatic imine (C=N–C) groups is 1. The van der Waals surface area contributed by atoms with Crippen LogP contribution in [0.3, 0.4) is 0 Å². The average molecular weight is 342 g/mol. The van der Waals surface area contributed by atoms with Crippen molar-refractivity contribution in [2.75, 3.05) is 72.2 Å². The zero-order valence-electron chi connectivity index (χ0n) is 15.4. The molecule has 0 aromatic heterocycles. The lowest BCUT2D eigenvalue weighted by Crippen LogP contribution is -2.45. The van der Waals surface area contributed by atoms with Crippen molar-refractivity contribution in [1.82, 2.24) is 15.1 Å². The summed E-state index contributed by atoms with van der Waals surface area (Å²) >= 11 is 0. The fourth-order valence-electron chi connectivity index (χ4n) is 3.17. The molecule has 24 heavy (non-hydrogen) atoms. The number of nitrogens with two attached hydrogens (primary N) is 1. The third kappa shape index (κ3) is 7.79. The van der Waals surface area contributed by atoms with Gasteiger partial charge in [0.25, 0.3) is 0 Å². The summed E-state index contributed by atoms with van der Waals surface area (Å²) in [5.74, 6) is 1.21. The largest absolute Gasteiger partial charge is 0.379 e. The second-order valence-electron chi connectivity index (χ2n) is 7.11. The molecule has 0 amide bonds. The molecule has 140 valence electrons. The van der Waals surface area contributed by atoms with Gasteiger partial charge in [0.1, 0.15) is 0 Å². The highest BCUT2D eigenvalue weighted by Crippen LogP contribution is 2.08. The number of rotatable bonds is 8. The van der Waals surface area contributed by atoms with Crippen molar-refractivity contribution >= 4 is 5.96 Å². The highest BCUT2D eigenvalue weighted by atomic mass is 16.5. The number of nitrogens with zero attached hydrogens (tertiary/aromatic N) is 3. The molecule has 1 atom stereocenters. The van der Waals surface area contributed by atoms with Gasteiger partial charge in [-0.25, -0.2) is 0 Å². The van der Waals surface area contributed by atoms with Gasteiger partial charge >= 0.3 is 0 Å². The number of hydrogen-bond acceptors (Lipinski definition) is 5. The minimum atomic E-state index is 0.159. The highest BCUT2D eigenvalue weighted by molar-refractivity contribution is 5.77. The van der Waals surface area contributed by atoms with Crippen LogP contribution in [0.5, 0.6) is 0 Å². The van der Waals surface area contributed by atoms with E-state index in [2.05, 4.69) is 34.0 Å². The Bertz CT molecular complexity index is 372. The zero-order chi connectivity index (χ0) is 17.2. The molecule has 0 aromatic rings. The first kappa shape index (κ1) is 19.4. The summed E-state index contributed by atoms with van der Waals surface area (Å²) in [6.45, 7) is 14.7. The quantitative estimate of drug-likeness (QED) is 0.367. The maximum atomic E-state index is 5.96. The maximum Gasteiger partial charge on any atom is 0.188 e. The van der Waals surface area contributed by atoms with Crippen molar-refractivity contribution in [1.29, 1.82) is 0 Å². The van der Waals surface area contributed by atoms with E-state index < -0.39 is 0 Å². The van der Waals surface area contributed by atoms with Crippen LogP contribution < -0.4 is 11.1 Å². The van der Waals surface area contributed by atoms with E-state index in [0.29, 0.717) is 18.4 Å². The number of morpholine rings is 2. The number of ether oxygens (including phenoxy) is 2. The van der Waals surface area contributed by atoms with Gasteiger partial charge in [-0.2, -0.15) is 0 Å². The van der Waals surface area contributed by atoms with Crippen LogP contribution in [0.25, 0.3) is 0 Å². The second kappa shape index (κ2) is 10.9.